The first kappa shape index (κ1) is 12.3. The molecule has 0 bridgehead atoms. The number of hydrogen-bond acceptors (Lipinski definition) is 3. The zero-order chi connectivity index (χ0) is 13.7. The van der Waals surface area contributed by atoms with Gasteiger partial charge in [-0.2, -0.15) is 0 Å². The Morgan fingerprint density at radius 3 is 2.58 bits per heavy atom. The quantitative estimate of drug-likeness (QED) is 0.664. The van der Waals surface area contributed by atoms with E-state index in [0.717, 1.165) is 44.0 Å². The number of nitrogens with two attached hydrogens (primary N) is 1. The highest BCUT2D eigenvalue weighted by atomic mass is 79.9. The van der Waals surface area contributed by atoms with E-state index in [-0.39, 0.29) is 0 Å². The molecule has 0 unspecified atom stereocenters. The molecular weight excluding hydrogens is 306 g/mol. The number of furan rings is 1. The van der Waals surface area contributed by atoms with Crippen LogP contribution in [0.2, 0.25) is 0 Å². The van der Waals surface area contributed by atoms with Crippen molar-refractivity contribution in [2.75, 3.05) is 5.73 Å². The maximum Gasteiger partial charge on any atom is 0.142 e. The summed E-state index contributed by atoms with van der Waals surface area (Å²) in [6.07, 6.45) is 0. The van der Waals surface area contributed by atoms with Crippen LogP contribution in [0.1, 0.15) is 17.1 Å². The number of nitrogens with zero attached hydrogens (tertiary/aromatic N) is 1. The molecule has 0 fully saturated rings. The van der Waals surface area contributed by atoms with Gasteiger partial charge >= 0.3 is 0 Å². The van der Waals surface area contributed by atoms with Gasteiger partial charge in [0.15, 0.2) is 0 Å². The number of rotatable bonds is 1. The summed E-state index contributed by atoms with van der Waals surface area (Å²) in [4.78, 5) is 7.90. The van der Waals surface area contributed by atoms with E-state index in [1.54, 1.807) is 0 Å². The molecule has 3 aromatic rings. The summed E-state index contributed by atoms with van der Waals surface area (Å²) < 4.78 is 6.58. The van der Waals surface area contributed by atoms with Crippen LogP contribution < -0.4 is 5.73 Å². The molecule has 2 aromatic heterocycles. The molecule has 0 aliphatic heterocycles. The molecule has 0 saturated carbocycles. The van der Waals surface area contributed by atoms with Crippen LogP contribution in [-0.2, 0) is 0 Å². The molecule has 98 valence electrons. The van der Waals surface area contributed by atoms with E-state index in [9.17, 15) is 0 Å². The normalized spacial score (nSPS) is 11.4. The number of aryl methyl sites for hydroxylation is 2. The van der Waals surface area contributed by atoms with Crippen LogP contribution in [-0.4, -0.2) is 9.97 Å². The van der Waals surface area contributed by atoms with Gasteiger partial charge in [0.05, 0.1) is 16.8 Å². The molecule has 2 heterocycles. The van der Waals surface area contributed by atoms with Gasteiger partial charge in [0.25, 0.3) is 0 Å². The predicted octanol–water partition coefficient (Wildman–Crippen LogP) is 4.09. The minimum atomic E-state index is 0.655. The second kappa shape index (κ2) is 4.13. The van der Waals surface area contributed by atoms with Crippen LogP contribution in [0.4, 0.5) is 5.69 Å². The maximum absolute atomic E-state index is 5.99. The molecule has 3 N–H and O–H groups in total. The SMILES string of the molecule is Cc1oc(C)c(-c2nc3c(N)cc(Br)cc3[nH]2)c1C. The molecule has 0 spiro atoms. The first-order chi connectivity index (χ1) is 8.97. The number of aromatic amines is 1. The fourth-order valence-electron chi connectivity index (χ4n) is 2.37. The van der Waals surface area contributed by atoms with E-state index in [2.05, 4.69) is 25.9 Å². The van der Waals surface area contributed by atoms with Gasteiger partial charge in [0.1, 0.15) is 22.9 Å². The molecule has 0 atom stereocenters. The van der Waals surface area contributed by atoms with Gasteiger partial charge < -0.3 is 15.1 Å². The van der Waals surface area contributed by atoms with Crippen molar-refractivity contribution in [1.29, 1.82) is 0 Å². The van der Waals surface area contributed by atoms with Crippen LogP contribution in [0.15, 0.2) is 21.0 Å². The Balaban J connectivity index is 2.29. The van der Waals surface area contributed by atoms with E-state index in [0.29, 0.717) is 5.69 Å². The van der Waals surface area contributed by atoms with E-state index in [1.165, 1.54) is 0 Å². The average Bonchev–Trinajstić information content (AvgIpc) is 2.81. The van der Waals surface area contributed by atoms with Crippen molar-refractivity contribution in [2.45, 2.75) is 20.8 Å². The van der Waals surface area contributed by atoms with E-state index >= 15 is 0 Å². The number of imidazole rings is 1. The lowest BCUT2D eigenvalue weighted by atomic mass is 10.1. The zero-order valence-corrected chi connectivity index (χ0v) is 12.6. The third-order valence-corrected chi connectivity index (χ3v) is 3.84. The molecule has 0 aliphatic carbocycles. The number of nitrogen functional groups attached to an aromatic ring is 1. The molecule has 0 amide bonds. The summed E-state index contributed by atoms with van der Waals surface area (Å²) in [5.41, 5.74) is 10.5. The molecule has 5 heteroatoms. The molecule has 0 saturated heterocycles. The predicted molar refractivity (Wildman–Crippen MR) is 80.1 cm³/mol. The van der Waals surface area contributed by atoms with Crippen LogP contribution in [0.5, 0.6) is 0 Å². The fraction of sp³-hybridized carbons (Fsp3) is 0.214. The monoisotopic (exact) mass is 319 g/mol. The molecule has 1 aromatic carbocycles. The van der Waals surface area contributed by atoms with Crippen LogP contribution in [0.25, 0.3) is 22.4 Å². The number of benzene rings is 1. The van der Waals surface area contributed by atoms with Gasteiger partial charge in [-0.3, -0.25) is 0 Å². The summed E-state index contributed by atoms with van der Waals surface area (Å²) in [6, 6.07) is 3.83. The maximum atomic E-state index is 5.99. The standard InChI is InChI=1S/C14H14BrN3O/c1-6-7(2)19-8(3)12(6)14-17-11-5-9(15)4-10(16)13(11)18-14/h4-5H,16H2,1-3H3,(H,17,18). The van der Waals surface area contributed by atoms with Crippen molar-refractivity contribution >= 4 is 32.7 Å². The highest BCUT2D eigenvalue weighted by Gasteiger charge is 2.17. The molecule has 4 nitrogen and oxygen atoms in total. The first-order valence-corrected chi connectivity index (χ1v) is 6.78. The minimum absolute atomic E-state index is 0.655. The summed E-state index contributed by atoms with van der Waals surface area (Å²) in [5.74, 6) is 2.58. The van der Waals surface area contributed by atoms with Crippen molar-refractivity contribution in [3.05, 3.63) is 33.7 Å². The molecule has 0 aliphatic rings. The van der Waals surface area contributed by atoms with Crippen LogP contribution in [0.3, 0.4) is 0 Å². The lowest BCUT2D eigenvalue weighted by molar-refractivity contribution is 0.503. The van der Waals surface area contributed by atoms with Gasteiger partial charge in [0, 0.05) is 10.0 Å². The summed E-state index contributed by atoms with van der Waals surface area (Å²) >= 11 is 3.44. The highest BCUT2D eigenvalue weighted by molar-refractivity contribution is 9.10. The Hall–Kier alpha value is -1.75. The zero-order valence-electron chi connectivity index (χ0n) is 11.0. The number of fused-ring (bicyclic) bond motifs is 1. The van der Waals surface area contributed by atoms with Crippen molar-refractivity contribution in [3.8, 4) is 11.4 Å². The van der Waals surface area contributed by atoms with Crippen LogP contribution in [0, 0.1) is 20.8 Å². The number of anilines is 1. The Morgan fingerprint density at radius 2 is 1.95 bits per heavy atom. The summed E-state index contributed by atoms with van der Waals surface area (Å²) in [6.45, 7) is 5.94. The lowest BCUT2D eigenvalue weighted by Crippen LogP contribution is -1.86. The number of aromatic nitrogens is 2. The molecule has 0 radical (unpaired) electrons. The van der Waals surface area contributed by atoms with E-state index in [1.807, 2.05) is 32.9 Å². The number of hydrogen-bond donors (Lipinski definition) is 2. The highest BCUT2D eigenvalue weighted by Crippen LogP contribution is 2.33. The second-order valence-corrected chi connectivity index (χ2v) is 5.61. The second-order valence-electron chi connectivity index (χ2n) is 4.69. The third-order valence-electron chi connectivity index (χ3n) is 3.38. The Bertz CT molecular complexity index is 786. The topological polar surface area (TPSA) is 67.8 Å². The first-order valence-electron chi connectivity index (χ1n) is 5.99. The third kappa shape index (κ3) is 1.85. The number of nitrogens with one attached hydrogen (secondary N) is 1. The van der Waals surface area contributed by atoms with Crippen molar-refractivity contribution < 1.29 is 4.42 Å². The smallest absolute Gasteiger partial charge is 0.142 e. The Morgan fingerprint density at radius 1 is 1.21 bits per heavy atom. The summed E-state index contributed by atoms with van der Waals surface area (Å²) in [7, 11) is 0. The van der Waals surface area contributed by atoms with E-state index < -0.39 is 0 Å². The summed E-state index contributed by atoms with van der Waals surface area (Å²) in [5, 5.41) is 0. The molecule has 3 rings (SSSR count). The Kier molecular flexibility index (Phi) is 2.67. The lowest BCUT2D eigenvalue weighted by Gasteiger charge is -1.95. The van der Waals surface area contributed by atoms with Gasteiger partial charge in [-0.05, 0) is 32.9 Å². The van der Waals surface area contributed by atoms with E-state index in [4.69, 9.17) is 10.2 Å². The van der Waals surface area contributed by atoms with Crippen molar-refractivity contribution in [3.63, 3.8) is 0 Å². The minimum Gasteiger partial charge on any atom is -0.466 e. The molecule has 19 heavy (non-hydrogen) atoms. The van der Waals surface area contributed by atoms with Crippen LogP contribution >= 0.6 is 15.9 Å². The van der Waals surface area contributed by atoms with Gasteiger partial charge in [-0.15, -0.1) is 0 Å². The van der Waals surface area contributed by atoms with Gasteiger partial charge in [0.2, 0.25) is 0 Å². The van der Waals surface area contributed by atoms with Crippen molar-refractivity contribution in [1.82, 2.24) is 9.97 Å². The van der Waals surface area contributed by atoms with Gasteiger partial charge in [-0.1, -0.05) is 15.9 Å². The largest absolute Gasteiger partial charge is 0.466 e. The average molecular weight is 320 g/mol. The van der Waals surface area contributed by atoms with Gasteiger partial charge in [-0.25, -0.2) is 4.98 Å². The number of H-pyrrole nitrogens is 1. The van der Waals surface area contributed by atoms with Crippen molar-refractivity contribution in [2.24, 2.45) is 0 Å². The number of halogens is 1. The molecular formula is C14H14BrN3O. The Labute approximate surface area is 119 Å². The fourth-order valence-corrected chi connectivity index (χ4v) is 2.84.